The summed E-state index contributed by atoms with van der Waals surface area (Å²) in [6, 6.07) is 7.88. The molecule has 2 N–H and O–H groups in total. The molecule has 0 saturated carbocycles. The second kappa shape index (κ2) is 7.14. The number of benzene rings is 1. The van der Waals surface area contributed by atoms with Gasteiger partial charge in [-0.2, -0.15) is 0 Å². The zero-order chi connectivity index (χ0) is 18.0. The Balaban J connectivity index is 1.65. The lowest BCUT2D eigenvalue weighted by atomic mass is 10.1. The Kier molecular flexibility index (Phi) is 4.94. The van der Waals surface area contributed by atoms with Gasteiger partial charge in [-0.3, -0.25) is 9.59 Å². The van der Waals surface area contributed by atoms with Gasteiger partial charge in [0.25, 0.3) is 10.9 Å². The van der Waals surface area contributed by atoms with Crippen LogP contribution in [0.15, 0.2) is 33.9 Å². The SMILES string of the molecule is COc1ccc(N2CCN(c3c(NCC(C)O)c(=O)c3=O)CC2)cc1. The third-order valence-corrected chi connectivity index (χ3v) is 4.49. The number of aliphatic hydroxyl groups excluding tert-OH is 1. The van der Waals surface area contributed by atoms with Gasteiger partial charge >= 0.3 is 0 Å². The third kappa shape index (κ3) is 3.46. The third-order valence-electron chi connectivity index (χ3n) is 4.49. The van der Waals surface area contributed by atoms with Gasteiger partial charge < -0.3 is 25.0 Å². The largest absolute Gasteiger partial charge is 0.497 e. The van der Waals surface area contributed by atoms with Gasteiger partial charge in [-0.25, -0.2) is 0 Å². The highest BCUT2D eigenvalue weighted by atomic mass is 16.5. The Morgan fingerprint density at radius 3 is 2.24 bits per heavy atom. The van der Waals surface area contributed by atoms with E-state index in [1.807, 2.05) is 29.2 Å². The fraction of sp³-hybridized carbons (Fsp3) is 0.444. The molecule has 0 bridgehead atoms. The minimum atomic E-state index is -0.579. The lowest BCUT2D eigenvalue weighted by Crippen LogP contribution is -2.51. The van der Waals surface area contributed by atoms with Gasteiger partial charge in [-0.1, -0.05) is 0 Å². The van der Waals surface area contributed by atoms with E-state index in [9.17, 15) is 14.7 Å². The predicted molar refractivity (Wildman–Crippen MR) is 98.9 cm³/mol. The Morgan fingerprint density at radius 2 is 1.68 bits per heavy atom. The van der Waals surface area contributed by atoms with Crippen LogP contribution in [0.1, 0.15) is 6.92 Å². The number of piperazine rings is 1. The minimum Gasteiger partial charge on any atom is -0.497 e. The van der Waals surface area contributed by atoms with Gasteiger partial charge in [-0.15, -0.1) is 0 Å². The molecule has 0 aliphatic carbocycles. The average Bonchev–Trinajstić information content (AvgIpc) is 2.64. The Hall–Kier alpha value is -2.54. The van der Waals surface area contributed by atoms with Crippen LogP contribution in [0.5, 0.6) is 5.75 Å². The first-order valence-electron chi connectivity index (χ1n) is 8.40. The summed E-state index contributed by atoms with van der Waals surface area (Å²) in [5.74, 6) is 0.819. The quantitative estimate of drug-likeness (QED) is 0.734. The highest BCUT2D eigenvalue weighted by molar-refractivity contribution is 5.75. The Bertz CT molecular complexity index is 786. The molecule has 2 aromatic carbocycles. The highest BCUT2D eigenvalue weighted by Crippen LogP contribution is 2.25. The van der Waals surface area contributed by atoms with Crippen molar-refractivity contribution < 1.29 is 9.84 Å². The zero-order valence-electron chi connectivity index (χ0n) is 14.5. The van der Waals surface area contributed by atoms with Crippen LogP contribution in [0.2, 0.25) is 0 Å². The van der Waals surface area contributed by atoms with Gasteiger partial charge in [0.05, 0.1) is 13.2 Å². The van der Waals surface area contributed by atoms with E-state index >= 15 is 0 Å². The molecule has 1 heterocycles. The number of nitrogens with zero attached hydrogens (tertiary/aromatic N) is 2. The first-order valence-corrected chi connectivity index (χ1v) is 8.40. The summed E-state index contributed by atoms with van der Waals surface area (Å²) in [4.78, 5) is 27.9. The number of anilines is 3. The summed E-state index contributed by atoms with van der Waals surface area (Å²) in [5.41, 5.74) is 0.973. The van der Waals surface area contributed by atoms with E-state index in [0.717, 1.165) is 24.5 Å². The summed E-state index contributed by atoms with van der Waals surface area (Å²) in [6.07, 6.45) is -0.579. The number of hydrogen-bond donors (Lipinski definition) is 2. The zero-order valence-corrected chi connectivity index (χ0v) is 14.5. The molecular formula is C18H23N3O4. The first kappa shape index (κ1) is 17.3. The molecule has 1 atom stereocenters. The number of hydrogen-bond acceptors (Lipinski definition) is 7. The van der Waals surface area contributed by atoms with Crippen molar-refractivity contribution >= 4 is 17.1 Å². The molecule has 1 aliphatic heterocycles. The second-order valence-electron chi connectivity index (χ2n) is 6.28. The fourth-order valence-electron chi connectivity index (χ4n) is 3.08. The summed E-state index contributed by atoms with van der Waals surface area (Å²) in [5, 5.41) is 12.2. The summed E-state index contributed by atoms with van der Waals surface area (Å²) in [7, 11) is 1.64. The van der Waals surface area contributed by atoms with Crippen LogP contribution in [-0.2, 0) is 0 Å². The molecular weight excluding hydrogens is 322 g/mol. The van der Waals surface area contributed by atoms with Crippen molar-refractivity contribution in [2.45, 2.75) is 13.0 Å². The van der Waals surface area contributed by atoms with Crippen LogP contribution in [0.4, 0.5) is 17.1 Å². The molecule has 7 heteroatoms. The number of ether oxygens (including phenoxy) is 1. The number of rotatable bonds is 6. The van der Waals surface area contributed by atoms with Gasteiger partial charge in [0.2, 0.25) is 0 Å². The summed E-state index contributed by atoms with van der Waals surface area (Å²) < 4.78 is 5.17. The van der Waals surface area contributed by atoms with Crippen LogP contribution in [0, 0.1) is 0 Å². The molecule has 3 rings (SSSR count). The molecule has 1 unspecified atom stereocenters. The van der Waals surface area contributed by atoms with E-state index in [1.165, 1.54) is 0 Å². The first-order chi connectivity index (χ1) is 12.0. The average molecular weight is 345 g/mol. The molecule has 7 nitrogen and oxygen atoms in total. The summed E-state index contributed by atoms with van der Waals surface area (Å²) >= 11 is 0. The molecule has 0 aromatic heterocycles. The molecule has 0 radical (unpaired) electrons. The molecule has 1 fully saturated rings. The maximum atomic E-state index is 12.0. The number of nitrogens with one attached hydrogen (secondary N) is 1. The summed E-state index contributed by atoms with van der Waals surface area (Å²) in [6.45, 7) is 4.75. The highest BCUT2D eigenvalue weighted by Gasteiger charge is 2.28. The van der Waals surface area contributed by atoms with Crippen molar-refractivity contribution in [3.05, 3.63) is 44.7 Å². The van der Waals surface area contributed by atoms with Crippen LogP contribution < -0.4 is 30.7 Å². The van der Waals surface area contributed by atoms with Crippen molar-refractivity contribution in [3.8, 4) is 5.75 Å². The van der Waals surface area contributed by atoms with Crippen LogP contribution in [-0.4, -0.2) is 51.0 Å². The van der Waals surface area contributed by atoms with Crippen LogP contribution in [0.3, 0.4) is 0 Å². The standard InChI is InChI=1S/C18H23N3O4/c1-12(22)11-19-15-16(18(24)17(15)23)21-9-7-20(8-10-21)13-3-5-14(25-2)6-4-13/h3-6,12,19,22H,7-11H2,1-2H3. The van der Waals surface area contributed by atoms with E-state index in [0.29, 0.717) is 24.5 Å². The smallest absolute Gasteiger partial charge is 0.253 e. The van der Waals surface area contributed by atoms with Gasteiger partial charge in [-0.05, 0) is 31.2 Å². The van der Waals surface area contributed by atoms with E-state index in [4.69, 9.17) is 4.74 Å². The Morgan fingerprint density at radius 1 is 1.08 bits per heavy atom. The van der Waals surface area contributed by atoms with Crippen molar-refractivity contribution in [2.24, 2.45) is 0 Å². The van der Waals surface area contributed by atoms with E-state index in [1.54, 1.807) is 14.0 Å². The predicted octanol–water partition coefficient (Wildman–Crippen LogP) is 0.411. The van der Waals surface area contributed by atoms with Gasteiger partial charge in [0.1, 0.15) is 17.1 Å². The number of methoxy groups -OCH3 is 1. The number of aliphatic hydroxyl groups is 1. The molecule has 134 valence electrons. The normalized spacial score (nSPS) is 16.1. The van der Waals surface area contributed by atoms with Crippen molar-refractivity contribution in [3.63, 3.8) is 0 Å². The van der Waals surface area contributed by atoms with Gasteiger partial charge in [0, 0.05) is 38.4 Å². The van der Waals surface area contributed by atoms with Crippen LogP contribution >= 0.6 is 0 Å². The molecule has 1 aliphatic rings. The van der Waals surface area contributed by atoms with Crippen molar-refractivity contribution in [1.82, 2.24) is 0 Å². The van der Waals surface area contributed by atoms with Crippen LogP contribution in [0.25, 0.3) is 0 Å². The lowest BCUT2D eigenvalue weighted by Gasteiger charge is -2.38. The maximum Gasteiger partial charge on any atom is 0.253 e. The second-order valence-corrected chi connectivity index (χ2v) is 6.28. The fourth-order valence-corrected chi connectivity index (χ4v) is 3.08. The Labute approximate surface area is 146 Å². The van der Waals surface area contributed by atoms with Gasteiger partial charge in [0.15, 0.2) is 0 Å². The minimum absolute atomic E-state index is 0.254. The molecule has 2 aromatic rings. The molecule has 0 spiro atoms. The molecule has 0 amide bonds. The molecule has 1 saturated heterocycles. The van der Waals surface area contributed by atoms with E-state index in [2.05, 4.69) is 10.2 Å². The topological polar surface area (TPSA) is 82.1 Å². The van der Waals surface area contributed by atoms with E-state index in [-0.39, 0.29) is 6.54 Å². The van der Waals surface area contributed by atoms with Crippen molar-refractivity contribution in [2.75, 3.05) is 55.0 Å². The van der Waals surface area contributed by atoms with E-state index < -0.39 is 17.0 Å². The lowest BCUT2D eigenvalue weighted by molar-refractivity contribution is 0.208. The monoisotopic (exact) mass is 345 g/mol. The maximum absolute atomic E-state index is 12.0. The molecule has 25 heavy (non-hydrogen) atoms. The van der Waals surface area contributed by atoms with Crippen molar-refractivity contribution in [1.29, 1.82) is 0 Å².